The van der Waals surface area contributed by atoms with Crippen molar-refractivity contribution in [1.82, 2.24) is 14.5 Å². The summed E-state index contributed by atoms with van der Waals surface area (Å²) in [6.07, 6.45) is -2.36. The second-order valence-electron chi connectivity index (χ2n) is 8.43. The minimum atomic E-state index is -4.67. The Kier molecular flexibility index (Phi) is 5.86. The normalized spacial score (nSPS) is 23.1. The molecule has 7 nitrogen and oxygen atoms in total. The Morgan fingerprint density at radius 2 is 1.97 bits per heavy atom. The number of hydrogen-bond donors (Lipinski definition) is 2. The van der Waals surface area contributed by atoms with Crippen LogP contribution in [0.25, 0.3) is 0 Å². The monoisotopic (exact) mass is 472 g/mol. The van der Waals surface area contributed by atoms with Gasteiger partial charge in [0.05, 0.1) is 0 Å². The van der Waals surface area contributed by atoms with E-state index in [0.29, 0.717) is 56.5 Å². The SMILES string of the molecule is Cn1c(N2CCC3(CC2)C[C@H](F)C[C@H]3N)nc(N)c(Sc2cccnc2C(F)(F)F)c1=O. The van der Waals surface area contributed by atoms with Crippen LogP contribution >= 0.6 is 11.8 Å². The Morgan fingerprint density at radius 1 is 1.28 bits per heavy atom. The fourth-order valence-electron chi connectivity index (χ4n) is 4.69. The molecule has 0 unspecified atom stereocenters. The lowest BCUT2D eigenvalue weighted by molar-refractivity contribution is -0.143. The van der Waals surface area contributed by atoms with Gasteiger partial charge in [-0.3, -0.25) is 14.3 Å². The molecule has 1 spiro atoms. The van der Waals surface area contributed by atoms with Gasteiger partial charge in [-0.25, -0.2) is 4.39 Å². The molecule has 1 aliphatic heterocycles. The Hall–Kier alpha value is -2.34. The van der Waals surface area contributed by atoms with Crippen LogP contribution in [0.2, 0.25) is 0 Å². The minimum absolute atomic E-state index is 0.0960. The Bertz CT molecular complexity index is 1070. The molecule has 0 bridgehead atoms. The highest BCUT2D eigenvalue weighted by Crippen LogP contribution is 2.47. The number of nitrogens with zero attached hydrogens (tertiary/aromatic N) is 4. The molecule has 2 aromatic rings. The van der Waals surface area contributed by atoms with E-state index in [0.717, 1.165) is 6.20 Å². The average molecular weight is 473 g/mol. The second-order valence-corrected chi connectivity index (χ2v) is 9.49. The van der Waals surface area contributed by atoms with E-state index in [4.69, 9.17) is 11.5 Å². The van der Waals surface area contributed by atoms with Crippen molar-refractivity contribution in [3.63, 3.8) is 0 Å². The van der Waals surface area contributed by atoms with Gasteiger partial charge in [-0.2, -0.15) is 18.2 Å². The largest absolute Gasteiger partial charge is 0.434 e. The first-order chi connectivity index (χ1) is 15.0. The van der Waals surface area contributed by atoms with Gasteiger partial charge < -0.3 is 16.4 Å². The van der Waals surface area contributed by atoms with Gasteiger partial charge >= 0.3 is 6.18 Å². The Morgan fingerprint density at radius 3 is 2.56 bits per heavy atom. The molecule has 0 amide bonds. The lowest BCUT2D eigenvalue weighted by Gasteiger charge is -2.42. The molecule has 174 valence electrons. The topological polar surface area (TPSA) is 103 Å². The molecule has 2 aromatic heterocycles. The summed E-state index contributed by atoms with van der Waals surface area (Å²) < 4.78 is 55.0. The van der Waals surface area contributed by atoms with Crippen molar-refractivity contribution >= 4 is 23.5 Å². The van der Waals surface area contributed by atoms with E-state index in [2.05, 4.69) is 9.97 Å². The van der Waals surface area contributed by atoms with Crippen LogP contribution in [0.1, 0.15) is 31.4 Å². The zero-order chi connectivity index (χ0) is 23.3. The molecule has 1 aliphatic carbocycles. The molecule has 12 heteroatoms. The Labute approximate surface area is 186 Å². The van der Waals surface area contributed by atoms with Crippen LogP contribution in [0.3, 0.4) is 0 Å². The Balaban J connectivity index is 1.59. The van der Waals surface area contributed by atoms with E-state index in [1.807, 2.05) is 4.90 Å². The first-order valence-electron chi connectivity index (χ1n) is 10.2. The predicted octanol–water partition coefficient (Wildman–Crippen LogP) is 2.97. The molecule has 2 aliphatic rings. The van der Waals surface area contributed by atoms with E-state index in [1.165, 1.54) is 23.7 Å². The second kappa shape index (κ2) is 8.22. The highest BCUT2D eigenvalue weighted by molar-refractivity contribution is 7.99. The molecule has 3 heterocycles. The van der Waals surface area contributed by atoms with Gasteiger partial charge in [0, 0.05) is 37.3 Å². The standard InChI is InChI=1S/C20H24F4N6OS/c1-29-17(31)14(32-12-3-2-6-27-15(12)20(22,23)24)16(26)28-18(29)30-7-4-19(5-8-30)10-11(21)9-13(19)25/h2-3,6,11,13H,4-5,7-10,25-26H2,1H3/t11-,13-/m1/s1. The summed E-state index contributed by atoms with van der Waals surface area (Å²) in [5.74, 6) is 0.184. The number of rotatable bonds is 3. The first-order valence-corrected chi connectivity index (χ1v) is 11.0. The third kappa shape index (κ3) is 4.05. The van der Waals surface area contributed by atoms with E-state index in [9.17, 15) is 22.4 Å². The van der Waals surface area contributed by atoms with Crippen LogP contribution in [-0.2, 0) is 13.2 Å². The van der Waals surface area contributed by atoms with E-state index in [-0.39, 0.29) is 27.1 Å². The predicted molar refractivity (Wildman–Crippen MR) is 113 cm³/mol. The summed E-state index contributed by atoms with van der Waals surface area (Å²) in [7, 11) is 1.51. The van der Waals surface area contributed by atoms with Crippen LogP contribution in [0.15, 0.2) is 32.9 Å². The highest BCUT2D eigenvalue weighted by atomic mass is 32.2. The lowest BCUT2D eigenvalue weighted by atomic mass is 9.74. The molecule has 2 fully saturated rings. The number of anilines is 2. The van der Waals surface area contributed by atoms with Crippen LogP contribution in [0.5, 0.6) is 0 Å². The highest BCUT2D eigenvalue weighted by Gasteiger charge is 2.47. The van der Waals surface area contributed by atoms with Crippen LogP contribution < -0.4 is 21.9 Å². The van der Waals surface area contributed by atoms with Gasteiger partial charge in [0.2, 0.25) is 5.95 Å². The van der Waals surface area contributed by atoms with Crippen LogP contribution in [0.4, 0.5) is 29.3 Å². The maximum absolute atomic E-state index is 13.9. The number of alkyl halides is 4. The number of hydrogen-bond acceptors (Lipinski definition) is 7. The molecule has 2 atom stereocenters. The molecule has 32 heavy (non-hydrogen) atoms. The van der Waals surface area contributed by atoms with Crippen molar-refractivity contribution in [3.8, 4) is 0 Å². The third-order valence-electron chi connectivity index (χ3n) is 6.47. The lowest BCUT2D eigenvalue weighted by Crippen LogP contribution is -2.48. The number of halogens is 4. The first kappa shape index (κ1) is 22.8. The van der Waals surface area contributed by atoms with Crippen molar-refractivity contribution in [1.29, 1.82) is 0 Å². The third-order valence-corrected chi connectivity index (χ3v) is 7.61. The maximum Gasteiger partial charge on any atom is 0.434 e. The number of pyridine rings is 1. The summed E-state index contributed by atoms with van der Waals surface area (Å²) in [5, 5.41) is 0. The maximum atomic E-state index is 13.9. The molecule has 0 aromatic carbocycles. The summed E-state index contributed by atoms with van der Waals surface area (Å²) in [4.78, 5) is 22.3. The fourth-order valence-corrected chi connectivity index (χ4v) is 5.70. The molecule has 4 rings (SSSR count). The zero-order valence-corrected chi connectivity index (χ0v) is 18.2. The van der Waals surface area contributed by atoms with Crippen molar-refractivity contribution in [2.75, 3.05) is 23.7 Å². The number of nitrogens with two attached hydrogens (primary N) is 2. The molecular weight excluding hydrogens is 448 g/mol. The number of piperidine rings is 1. The molecular formula is C20H24F4N6OS. The zero-order valence-electron chi connectivity index (χ0n) is 17.4. The summed E-state index contributed by atoms with van der Waals surface area (Å²) in [5.41, 5.74) is 10.3. The summed E-state index contributed by atoms with van der Waals surface area (Å²) in [6.45, 7) is 1.07. The van der Waals surface area contributed by atoms with Gasteiger partial charge in [-0.15, -0.1) is 0 Å². The van der Waals surface area contributed by atoms with Crippen molar-refractivity contribution in [2.45, 2.75) is 53.9 Å². The van der Waals surface area contributed by atoms with Gasteiger partial charge in [-0.05, 0) is 43.2 Å². The van der Waals surface area contributed by atoms with E-state index >= 15 is 0 Å². The average Bonchev–Trinajstić information content (AvgIpc) is 3.01. The number of aromatic nitrogens is 3. The number of nitrogen functional groups attached to an aromatic ring is 1. The van der Waals surface area contributed by atoms with E-state index < -0.39 is 23.6 Å². The van der Waals surface area contributed by atoms with Crippen LogP contribution in [-0.4, -0.2) is 39.8 Å². The van der Waals surface area contributed by atoms with Crippen molar-refractivity contribution in [3.05, 3.63) is 34.4 Å². The van der Waals surface area contributed by atoms with Gasteiger partial charge in [0.25, 0.3) is 5.56 Å². The summed E-state index contributed by atoms with van der Waals surface area (Å²) >= 11 is 0.600. The molecule has 0 radical (unpaired) electrons. The summed E-state index contributed by atoms with van der Waals surface area (Å²) in [6, 6.07) is 2.40. The fraction of sp³-hybridized carbons (Fsp3) is 0.550. The van der Waals surface area contributed by atoms with E-state index in [1.54, 1.807) is 0 Å². The molecule has 4 N–H and O–H groups in total. The van der Waals surface area contributed by atoms with Gasteiger partial charge in [0.1, 0.15) is 16.9 Å². The minimum Gasteiger partial charge on any atom is -0.382 e. The molecule has 1 saturated carbocycles. The van der Waals surface area contributed by atoms with Crippen molar-refractivity contribution in [2.24, 2.45) is 18.2 Å². The molecule has 1 saturated heterocycles. The van der Waals surface area contributed by atoms with Gasteiger partial charge in [-0.1, -0.05) is 11.8 Å². The quantitative estimate of drug-likeness (QED) is 0.662. The van der Waals surface area contributed by atoms with Crippen molar-refractivity contribution < 1.29 is 17.6 Å². The van der Waals surface area contributed by atoms with Crippen LogP contribution in [0, 0.1) is 5.41 Å². The smallest absolute Gasteiger partial charge is 0.382 e. The van der Waals surface area contributed by atoms with Gasteiger partial charge in [0.15, 0.2) is 5.69 Å².